The van der Waals surface area contributed by atoms with Crippen molar-refractivity contribution >= 4 is 11.6 Å². The van der Waals surface area contributed by atoms with Gasteiger partial charge in [-0.3, -0.25) is 0 Å². The SMILES string of the molecule is Cc1cc(Cl)ccc1-c1nc(C(C)O)no1. The third-order valence-electron chi connectivity index (χ3n) is 2.23. The number of halogens is 1. The van der Waals surface area contributed by atoms with Gasteiger partial charge in [0.25, 0.3) is 5.89 Å². The molecule has 0 aliphatic carbocycles. The second-order valence-electron chi connectivity index (χ2n) is 3.59. The van der Waals surface area contributed by atoms with E-state index in [4.69, 9.17) is 16.1 Å². The van der Waals surface area contributed by atoms with Gasteiger partial charge in [-0.2, -0.15) is 4.98 Å². The summed E-state index contributed by atoms with van der Waals surface area (Å²) in [5, 5.41) is 13.6. The number of nitrogens with zero attached hydrogens (tertiary/aromatic N) is 2. The van der Waals surface area contributed by atoms with Crippen molar-refractivity contribution in [1.82, 2.24) is 10.1 Å². The summed E-state index contributed by atoms with van der Waals surface area (Å²) in [4.78, 5) is 4.10. The first-order chi connectivity index (χ1) is 7.58. The van der Waals surface area contributed by atoms with E-state index in [0.717, 1.165) is 11.1 Å². The summed E-state index contributed by atoms with van der Waals surface area (Å²) in [5.41, 5.74) is 1.78. The van der Waals surface area contributed by atoms with Crippen LogP contribution in [0.25, 0.3) is 11.5 Å². The van der Waals surface area contributed by atoms with Crippen LogP contribution in [0.1, 0.15) is 24.4 Å². The van der Waals surface area contributed by atoms with E-state index in [1.54, 1.807) is 13.0 Å². The number of hydrogen-bond acceptors (Lipinski definition) is 4. The molecule has 1 atom stereocenters. The second kappa shape index (κ2) is 4.23. The zero-order valence-corrected chi connectivity index (χ0v) is 9.69. The molecule has 0 aliphatic rings. The molecule has 16 heavy (non-hydrogen) atoms. The van der Waals surface area contributed by atoms with Crippen LogP contribution in [0.2, 0.25) is 5.02 Å². The molecule has 1 N–H and O–H groups in total. The molecule has 0 saturated heterocycles. The molecule has 2 aromatic rings. The molecular formula is C11H11ClN2O2. The maximum atomic E-state index is 9.29. The Morgan fingerprint density at radius 1 is 1.44 bits per heavy atom. The predicted molar refractivity (Wildman–Crippen MR) is 60.1 cm³/mol. The van der Waals surface area contributed by atoms with Crippen LogP contribution in [0.3, 0.4) is 0 Å². The van der Waals surface area contributed by atoms with Gasteiger partial charge >= 0.3 is 0 Å². The molecule has 0 amide bonds. The van der Waals surface area contributed by atoms with E-state index in [1.807, 2.05) is 19.1 Å². The molecule has 4 nitrogen and oxygen atoms in total. The molecule has 0 radical (unpaired) electrons. The maximum Gasteiger partial charge on any atom is 0.258 e. The van der Waals surface area contributed by atoms with Crippen LogP contribution in [0.5, 0.6) is 0 Å². The summed E-state index contributed by atoms with van der Waals surface area (Å²) >= 11 is 5.85. The van der Waals surface area contributed by atoms with Crippen LogP contribution >= 0.6 is 11.6 Å². The summed E-state index contributed by atoms with van der Waals surface area (Å²) in [6, 6.07) is 5.40. The van der Waals surface area contributed by atoms with Crippen molar-refractivity contribution in [3.05, 3.63) is 34.6 Å². The predicted octanol–water partition coefficient (Wildman–Crippen LogP) is 2.75. The number of aliphatic hydroxyl groups is 1. The number of aryl methyl sites for hydroxylation is 1. The van der Waals surface area contributed by atoms with E-state index in [9.17, 15) is 5.11 Å². The van der Waals surface area contributed by atoms with Gasteiger partial charge in [0.1, 0.15) is 6.10 Å². The average molecular weight is 239 g/mol. The van der Waals surface area contributed by atoms with E-state index in [0.29, 0.717) is 10.9 Å². The Labute approximate surface area is 97.9 Å². The fourth-order valence-electron chi connectivity index (χ4n) is 1.38. The lowest BCUT2D eigenvalue weighted by atomic mass is 10.1. The van der Waals surface area contributed by atoms with Crippen molar-refractivity contribution in [2.24, 2.45) is 0 Å². The largest absolute Gasteiger partial charge is 0.385 e. The highest BCUT2D eigenvalue weighted by molar-refractivity contribution is 6.30. The molecular weight excluding hydrogens is 228 g/mol. The topological polar surface area (TPSA) is 59.2 Å². The first-order valence-electron chi connectivity index (χ1n) is 4.86. The highest BCUT2D eigenvalue weighted by Crippen LogP contribution is 2.25. The molecule has 0 saturated carbocycles. The Bertz CT molecular complexity index is 508. The second-order valence-corrected chi connectivity index (χ2v) is 4.03. The lowest BCUT2D eigenvalue weighted by Gasteiger charge is -2.00. The Kier molecular flexibility index (Phi) is 2.94. The highest BCUT2D eigenvalue weighted by atomic mass is 35.5. The third-order valence-corrected chi connectivity index (χ3v) is 2.47. The van der Waals surface area contributed by atoms with E-state index < -0.39 is 6.10 Å². The average Bonchev–Trinajstić information content (AvgIpc) is 2.66. The smallest absolute Gasteiger partial charge is 0.258 e. The lowest BCUT2D eigenvalue weighted by molar-refractivity contribution is 0.184. The number of benzene rings is 1. The summed E-state index contributed by atoms with van der Waals surface area (Å²) in [6.07, 6.45) is -0.731. The van der Waals surface area contributed by atoms with Gasteiger partial charge in [0.05, 0.1) is 0 Å². The molecule has 5 heteroatoms. The summed E-state index contributed by atoms with van der Waals surface area (Å²) in [6.45, 7) is 3.50. The van der Waals surface area contributed by atoms with Crippen molar-refractivity contribution in [2.45, 2.75) is 20.0 Å². The number of aliphatic hydroxyl groups excluding tert-OH is 1. The zero-order chi connectivity index (χ0) is 11.7. The fraction of sp³-hybridized carbons (Fsp3) is 0.273. The fourth-order valence-corrected chi connectivity index (χ4v) is 1.61. The van der Waals surface area contributed by atoms with Gasteiger partial charge in [0.2, 0.25) is 0 Å². The summed E-state index contributed by atoms with van der Waals surface area (Å²) < 4.78 is 5.07. The number of rotatable bonds is 2. The Morgan fingerprint density at radius 2 is 2.19 bits per heavy atom. The van der Waals surface area contributed by atoms with Gasteiger partial charge in [0.15, 0.2) is 5.82 Å². The number of hydrogen-bond donors (Lipinski definition) is 1. The molecule has 1 aromatic heterocycles. The molecule has 2 rings (SSSR count). The van der Waals surface area contributed by atoms with E-state index in [2.05, 4.69) is 10.1 Å². The van der Waals surface area contributed by atoms with E-state index >= 15 is 0 Å². The van der Waals surface area contributed by atoms with Gasteiger partial charge in [0, 0.05) is 10.6 Å². The maximum absolute atomic E-state index is 9.29. The quantitative estimate of drug-likeness (QED) is 0.874. The van der Waals surface area contributed by atoms with Gasteiger partial charge in [-0.05, 0) is 37.6 Å². The first-order valence-corrected chi connectivity index (χ1v) is 5.24. The van der Waals surface area contributed by atoms with Crippen LogP contribution in [0.15, 0.2) is 22.7 Å². The minimum absolute atomic E-state index is 0.282. The van der Waals surface area contributed by atoms with Crippen LogP contribution in [-0.2, 0) is 0 Å². The van der Waals surface area contributed by atoms with E-state index in [-0.39, 0.29) is 5.82 Å². The van der Waals surface area contributed by atoms with Gasteiger partial charge in [-0.1, -0.05) is 16.8 Å². The van der Waals surface area contributed by atoms with Crippen molar-refractivity contribution < 1.29 is 9.63 Å². The minimum Gasteiger partial charge on any atom is -0.385 e. The van der Waals surface area contributed by atoms with Crippen LogP contribution in [0.4, 0.5) is 0 Å². The third kappa shape index (κ3) is 2.08. The summed E-state index contributed by atoms with van der Waals surface area (Å²) in [7, 11) is 0. The minimum atomic E-state index is -0.731. The van der Waals surface area contributed by atoms with E-state index in [1.165, 1.54) is 0 Å². The molecule has 1 aromatic carbocycles. The van der Waals surface area contributed by atoms with Crippen LogP contribution < -0.4 is 0 Å². The first kappa shape index (κ1) is 11.1. The Morgan fingerprint density at radius 3 is 2.75 bits per heavy atom. The Balaban J connectivity index is 2.42. The summed E-state index contributed by atoms with van der Waals surface area (Å²) in [5.74, 6) is 0.675. The molecule has 0 fully saturated rings. The van der Waals surface area contributed by atoms with Crippen molar-refractivity contribution in [1.29, 1.82) is 0 Å². The normalized spacial score (nSPS) is 12.8. The molecule has 0 spiro atoms. The van der Waals surface area contributed by atoms with Crippen molar-refractivity contribution in [3.8, 4) is 11.5 Å². The standard InChI is InChI=1S/C11H11ClN2O2/c1-6-5-8(12)3-4-9(6)11-13-10(7(2)15)14-16-11/h3-5,7,15H,1-2H3. The van der Waals surface area contributed by atoms with Crippen molar-refractivity contribution in [2.75, 3.05) is 0 Å². The molecule has 1 unspecified atom stereocenters. The van der Waals surface area contributed by atoms with Crippen LogP contribution in [-0.4, -0.2) is 15.2 Å². The molecule has 84 valence electrons. The van der Waals surface area contributed by atoms with Gasteiger partial charge in [-0.15, -0.1) is 0 Å². The molecule has 1 heterocycles. The van der Waals surface area contributed by atoms with Crippen LogP contribution in [0, 0.1) is 6.92 Å². The number of aromatic nitrogens is 2. The Hall–Kier alpha value is -1.39. The van der Waals surface area contributed by atoms with Crippen molar-refractivity contribution in [3.63, 3.8) is 0 Å². The van der Waals surface area contributed by atoms with Gasteiger partial charge < -0.3 is 9.63 Å². The lowest BCUT2D eigenvalue weighted by Crippen LogP contribution is -1.93. The molecule has 0 aliphatic heterocycles. The highest BCUT2D eigenvalue weighted by Gasteiger charge is 2.13. The zero-order valence-electron chi connectivity index (χ0n) is 8.94. The monoisotopic (exact) mass is 238 g/mol. The van der Waals surface area contributed by atoms with Gasteiger partial charge in [-0.25, -0.2) is 0 Å². The molecule has 0 bridgehead atoms.